The normalized spacial score (nSPS) is 9.18. The molecule has 1 N–H and O–H groups in total. The van der Waals surface area contributed by atoms with Gasteiger partial charge in [0.25, 0.3) is 0 Å². The zero-order valence-electron chi connectivity index (χ0n) is 6.72. The fraction of sp³-hybridized carbons (Fsp3) is 0.200. The van der Waals surface area contributed by atoms with Crippen LogP contribution in [0.3, 0.4) is 0 Å². The van der Waals surface area contributed by atoms with Gasteiger partial charge >= 0.3 is 0 Å². The summed E-state index contributed by atoms with van der Waals surface area (Å²) < 4.78 is 0. The highest BCUT2D eigenvalue weighted by Crippen LogP contribution is 2.04. The number of rotatable bonds is 3. The molecule has 0 spiro atoms. The minimum Gasteiger partial charge on any atom is -0.381 e. The summed E-state index contributed by atoms with van der Waals surface area (Å²) in [6, 6.07) is 10.8. The Balaban J connectivity index is 2.45. The van der Waals surface area contributed by atoms with Gasteiger partial charge in [-0.05, 0) is 25.1 Å². The number of hydrogen-bond acceptors (Lipinski definition) is 1. The average Bonchev–Trinajstić information content (AvgIpc) is 2.03. The minimum absolute atomic E-state index is 0.831. The number of benzene rings is 1. The maximum absolute atomic E-state index is 3.80. The van der Waals surface area contributed by atoms with Crippen LogP contribution in [-0.2, 0) is 0 Å². The maximum Gasteiger partial charge on any atom is 0.0354 e. The fourth-order valence-corrected chi connectivity index (χ4v) is 0.756. The Labute approximate surface area is 67.8 Å². The SMILES string of the molecule is C=C(C)CNc1c[c]ccc1. The molecule has 0 saturated carbocycles. The van der Waals surface area contributed by atoms with E-state index in [1.165, 1.54) is 0 Å². The molecule has 0 heterocycles. The van der Waals surface area contributed by atoms with E-state index in [4.69, 9.17) is 0 Å². The van der Waals surface area contributed by atoms with Crippen molar-refractivity contribution < 1.29 is 0 Å². The Morgan fingerprint density at radius 2 is 2.55 bits per heavy atom. The molecule has 0 aliphatic rings. The van der Waals surface area contributed by atoms with E-state index in [0.29, 0.717) is 0 Å². The molecule has 1 radical (unpaired) electrons. The van der Waals surface area contributed by atoms with Gasteiger partial charge in [0.15, 0.2) is 0 Å². The highest BCUT2D eigenvalue weighted by molar-refractivity contribution is 5.42. The lowest BCUT2D eigenvalue weighted by molar-refractivity contribution is 1.22. The van der Waals surface area contributed by atoms with Crippen molar-refractivity contribution in [2.75, 3.05) is 11.9 Å². The van der Waals surface area contributed by atoms with Crippen molar-refractivity contribution in [3.8, 4) is 0 Å². The number of anilines is 1. The summed E-state index contributed by atoms with van der Waals surface area (Å²) in [6.07, 6.45) is 0. The van der Waals surface area contributed by atoms with E-state index in [1.54, 1.807) is 0 Å². The zero-order valence-corrected chi connectivity index (χ0v) is 6.72. The summed E-state index contributed by atoms with van der Waals surface area (Å²) in [4.78, 5) is 0. The van der Waals surface area contributed by atoms with Crippen LogP contribution in [0.2, 0.25) is 0 Å². The molecule has 0 aliphatic heterocycles. The largest absolute Gasteiger partial charge is 0.381 e. The van der Waals surface area contributed by atoms with Crippen molar-refractivity contribution in [2.24, 2.45) is 0 Å². The van der Waals surface area contributed by atoms with Crippen molar-refractivity contribution in [1.29, 1.82) is 0 Å². The maximum atomic E-state index is 3.80. The molecular weight excluding hydrogens is 134 g/mol. The molecule has 0 aliphatic carbocycles. The first-order valence-corrected chi connectivity index (χ1v) is 3.63. The third kappa shape index (κ3) is 2.89. The van der Waals surface area contributed by atoms with Crippen LogP contribution < -0.4 is 5.32 Å². The standard InChI is InChI=1S/C10H12N/c1-9(2)8-11-10-6-4-3-5-7-10/h3-4,6-7,11H,1,8H2,2H3. The van der Waals surface area contributed by atoms with Crippen LogP contribution in [0.15, 0.2) is 36.4 Å². The predicted molar refractivity (Wildman–Crippen MR) is 48.6 cm³/mol. The number of hydrogen-bond donors (Lipinski definition) is 1. The molecule has 57 valence electrons. The molecule has 1 nitrogen and oxygen atoms in total. The first kappa shape index (κ1) is 7.86. The Kier molecular flexibility index (Phi) is 2.73. The third-order valence-electron chi connectivity index (χ3n) is 1.30. The van der Waals surface area contributed by atoms with Gasteiger partial charge in [0.2, 0.25) is 0 Å². The second kappa shape index (κ2) is 3.81. The van der Waals surface area contributed by atoms with Gasteiger partial charge in [0.1, 0.15) is 0 Å². The summed E-state index contributed by atoms with van der Waals surface area (Å²) in [6.45, 7) is 6.63. The van der Waals surface area contributed by atoms with Crippen LogP contribution in [0.25, 0.3) is 0 Å². The first-order valence-electron chi connectivity index (χ1n) is 3.63. The highest BCUT2D eigenvalue weighted by atomic mass is 14.9. The third-order valence-corrected chi connectivity index (χ3v) is 1.30. The smallest absolute Gasteiger partial charge is 0.0354 e. The molecule has 0 atom stereocenters. The predicted octanol–water partition coefficient (Wildman–Crippen LogP) is 2.47. The van der Waals surface area contributed by atoms with Gasteiger partial charge in [-0.2, -0.15) is 0 Å². The molecule has 0 fully saturated rings. The minimum atomic E-state index is 0.831. The van der Waals surface area contributed by atoms with Gasteiger partial charge in [0, 0.05) is 12.2 Å². The van der Waals surface area contributed by atoms with Crippen molar-refractivity contribution >= 4 is 5.69 Å². The highest BCUT2D eigenvalue weighted by Gasteiger charge is 1.87. The van der Waals surface area contributed by atoms with Gasteiger partial charge in [0.05, 0.1) is 0 Å². The second-order valence-electron chi connectivity index (χ2n) is 2.60. The van der Waals surface area contributed by atoms with Crippen LogP contribution in [0, 0.1) is 6.07 Å². The second-order valence-corrected chi connectivity index (χ2v) is 2.60. The summed E-state index contributed by atoms with van der Waals surface area (Å²) in [5, 5.41) is 3.21. The molecule has 1 rings (SSSR count). The Morgan fingerprint density at radius 1 is 1.73 bits per heavy atom. The monoisotopic (exact) mass is 146 g/mol. The number of nitrogens with one attached hydrogen (secondary N) is 1. The van der Waals surface area contributed by atoms with E-state index in [2.05, 4.69) is 18.0 Å². The summed E-state index contributed by atoms with van der Waals surface area (Å²) >= 11 is 0. The van der Waals surface area contributed by atoms with Gasteiger partial charge in [-0.3, -0.25) is 0 Å². The average molecular weight is 146 g/mol. The molecule has 0 bridgehead atoms. The van der Waals surface area contributed by atoms with E-state index < -0.39 is 0 Å². The molecule has 0 aromatic heterocycles. The van der Waals surface area contributed by atoms with E-state index in [0.717, 1.165) is 17.8 Å². The molecule has 0 amide bonds. The topological polar surface area (TPSA) is 12.0 Å². The Morgan fingerprint density at radius 3 is 3.09 bits per heavy atom. The van der Waals surface area contributed by atoms with Gasteiger partial charge < -0.3 is 5.32 Å². The van der Waals surface area contributed by atoms with Crippen LogP contribution in [-0.4, -0.2) is 6.54 Å². The van der Waals surface area contributed by atoms with Crippen LogP contribution in [0.4, 0.5) is 5.69 Å². The fourth-order valence-electron chi connectivity index (χ4n) is 0.756. The Bertz CT molecular complexity index is 226. The van der Waals surface area contributed by atoms with E-state index in [1.807, 2.05) is 31.2 Å². The van der Waals surface area contributed by atoms with Crippen molar-refractivity contribution in [2.45, 2.75) is 6.92 Å². The summed E-state index contributed by atoms with van der Waals surface area (Å²) in [7, 11) is 0. The Hall–Kier alpha value is -1.24. The van der Waals surface area contributed by atoms with Crippen LogP contribution in [0.5, 0.6) is 0 Å². The van der Waals surface area contributed by atoms with Crippen molar-refractivity contribution in [3.05, 3.63) is 42.5 Å². The quantitative estimate of drug-likeness (QED) is 0.646. The van der Waals surface area contributed by atoms with Crippen molar-refractivity contribution in [1.82, 2.24) is 0 Å². The summed E-state index contributed by atoms with van der Waals surface area (Å²) in [5.74, 6) is 0. The summed E-state index contributed by atoms with van der Waals surface area (Å²) in [5.41, 5.74) is 2.23. The molecule has 0 saturated heterocycles. The lowest BCUT2D eigenvalue weighted by Gasteiger charge is -2.03. The lowest BCUT2D eigenvalue weighted by Crippen LogP contribution is -2.00. The van der Waals surface area contributed by atoms with E-state index in [-0.39, 0.29) is 0 Å². The molecule has 11 heavy (non-hydrogen) atoms. The van der Waals surface area contributed by atoms with Gasteiger partial charge in [-0.25, -0.2) is 0 Å². The van der Waals surface area contributed by atoms with Gasteiger partial charge in [-0.15, -0.1) is 0 Å². The molecule has 1 heteroatoms. The van der Waals surface area contributed by atoms with Crippen molar-refractivity contribution in [3.63, 3.8) is 0 Å². The van der Waals surface area contributed by atoms with Crippen LogP contribution >= 0.6 is 0 Å². The van der Waals surface area contributed by atoms with Gasteiger partial charge in [-0.1, -0.05) is 24.3 Å². The molecule has 1 aromatic carbocycles. The van der Waals surface area contributed by atoms with E-state index in [9.17, 15) is 0 Å². The molecule has 0 unspecified atom stereocenters. The molecular formula is C10H12N. The molecule has 1 aromatic rings. The first-order chi connectivity index (χ1) is 5.29. The van der Waals surface area contributed by atoms with Crippen LogP contribution in [0.1, 0.15) is 6.92 Å². The zero-order chi connectivity index (χ0) is 8.10. The van der Waals surface area contributed by atoms with E-state index >= 15 is 0 Å². The lowest BCUT2D eigenvalue weighted by atomic mass is 10.3.